The molecule has 0 aromatic heterocycles. The molecule has 0 aromatic carbocycles. The maximum atomic E-state index is 2.50. The zero-order chi connectivity index (χ0) is 11.2. The lowest BCUT2D eigenvalue weighted by atomic mass is 9.80. The van der Waals surface area contributed by atoms with Crippen LogP contribution < -0.4 is 0 Å². The van der Waals surface area contributed by atoms with Crippen LogP contribution in [-0.4, -0.2) is 0 Å². The molecule has 0 bridgehead atoms. The third kappa shape index (κ3) is 1.56. The SMILES string of the molecule is CCCC(C)C1C2C(CC)C12CC(C)C. The van der Waals surface area contributed by atoms with Crippen LogP contribution >= 0.6 is 0 Å². The number of hydrogen-bond acceptors (Lipinski definition) is 0. The van der Waals surface area contributed by atoms with Crippen LogP contribution in [0.3, 0.4) is 0 Å². The van der Waals surface area contributed by atoms with E-state index in [0.717, 1.165) is 35.0 Å². The summed E-state index contributed by atoms with van der Waals surface area (Å²) in [6.07, 6.45) is 5.78. The van der Waals surface area contributed by atoms with Crippen molar-refractivity contribution in [2.75, 3.05) is 0 Å². The van der Waals surface area contributed by atoms with Gasteiger partial charge in [0, 0.05) is 0 Å². The van der Waals surface area contributed by atoms with Gasteiger partial charge in [-0.05, 0) is 41.4 Å². The molecule has 0 heteroatoms. The molecule has 0 saturated heterocycles. The number of hydrogen-bond donors (Lipinski definition) is 0. The lowest BCUT2D eigenvalue weighted by Crippen LogP contribution is -2.17. The lowest BCUT2D eigenvalue weighted by Gasteiger charge is -2.24. The van der Waals surface area contributed by atoms with E-state index in [0.29, 0.717) is 0 Å². The molecule has 0 amide bonds. The van der Waals surface area contributed by atoms with E-state index in [1.165, 1.54) is 25.7 Å². The Labute approximate surface area is 95.8 Å². The van der Waals surface area contributed by atoms with E-state index in [1.807, 2.05) is 0 Å². The van der Waals surface area contributed by atoms with Gasteiger partial charge in [-0.2, -0.15) is 0 Å². The average molecular weight is 208 g/mol. The summed E-state index contributed by atoms with van der Waals surface area (Å²) in [5, 5.41) is 0. The van der Waals surface area contributed by atoms with E-state index in [-0.39, 0.29) is 0 Å². The van der Waals surface area contributed by atoms with E-state index in [9.17, 15) is 0 Å². The van der Waals surface area contributed by atoms with Crippen molar-refractivity contribution >= 4 is 0 Å². The Kier molecular flexibility index (Phi) is 2.90. The lowest BCUT2D eigenvalue weighted by molar-refractivity contribution is 0.244. The van der Waals surface area contributed by atoms with Crippen LogP contribution in [0.2, 0.25) is 0 Å². The minimum atomic E-state index is 0.845. The molecule has 2 aliphatic carbocycles. The highest BCUT2D eigenvalue weighted by atomic mass is 14.9. The monoisotopic (exact) mass is 208 g/mol. The molecule has 0 nitrogen and oxygen atoms in total. The van der Waals surface area contributed by atoms with E-state index < -0.39 is 0 Å². The molecule has 0 N–H and O–H groups in total. The maximum absolute atomic E-state index is 2.50. The first-order valence-corrected chi connectivity index (χ1v) is 7.09. The molecule has 0 aromatic rings. The van der Waals surface area contributed by atoms with Gasteiger partial charge < -0.3 is 0 Å². The van der Waals surface area contributed by atoms with Crippen molar-refractivity contribution in [3.05, 3.63) is 0 Å². The summed E-state index contributed by atoms with van der Waals surface area (Å²) in [5.74, 6) is 5.28. The highest BCUT2D eigenvalue weighted by molar-refractivity contribution is 5.31. The zero-order valence-electron chi connectivity index (χ0n) is 11.2. The Balaban J connectivity index is 1.92. The van der Waals surface area contributed by atoms with Crippen LogP contribution in [0.15, 0.2) is 0 Å². The van der Waals surface area contributed by atoms with Crippen molar-refractivity contribution in [2.24, 2.45) is 35.0 Å². The molecule has 88 valence electrons. The molecule has 0 aliphatic heterocycles. The van der Waals surface area contributed by atoms with Gasteiger partial charge in [0.25, 0.3) is 0 Å². The largest absolute Gasteiger partial charge is 0.0654 e. The van der Waals surface area contributed by atoms with E-state index in [4.69, 9.17) is 0 Å². The van der Waals surface area contributed by atoms with Gasteiger partial charge in [0.15, 0.2) is 0 Å². The average Bonchev–Trinajstić information content (AvgIpc) is 2.92. The molecular weight excluding hydrogens is 180 g/mol. The number of fused-ring (bicyclic) bond motifs is 1. The minimum absolute atomic E-state index is 0.845. The molecule has 2 fully saturated rings. The molecular formula is C15H28. The Morgan fingerprint density at radius 2 is 1.80 bits per heavy atom. The third-order valence-corrected chi connectivity index (χ3v) is 5.09. The summed E-state index contributed by atoms with van der Waals surface area (Å²) in [6, 6.07) is 0. The Bertz CT molecular complexity index is 230. The van der Waals surface area contributed by atoms with E-state index in [1.54, 1.807) is 0 Å². The zero-order valence-corrected chi connectivity index (χ0v) is 11.2. The van der Waals surface area contributed by atoms with Crippen LogP contribution in [0.25, 0.3) is 0 Å². The minimum Gasteiger partial charge on any atom is -0.0654 e. The molecule has 2 saturated carbocycles. The second kappa shape index (κ2) is 3.79. The first-order valence-electron chi connectivity index (χ1n) is 7.09. The molecule has 2 rings (SSSR count). The summed E-state index contributed by atoms with van der Waals surface area (Å²) >= 11 is 0. The van der Waals surface area contributed by atoms with Crippen molar-refractivity contribution in [2.45, 2.75) is 60.3 Å². The molecule has 15 heavy (non-hydrogen) atoms. The third-order valence-electron chi connectivity index (χ3n) is 5.09. The summed E-state index contributed by atoms with van der Waals surface area (Å²) in [5.41, 5.74) is 0.845. The summed E-state index contributed by atoms with van der Waals surface area (Å²) in [4.78, 5) is 0. The Hall–Kier alpha value is 0. The number of rotatable bonds is 6. The Morgan fingerprint density at radius 3 is 2.27 bits per heavy atom. The summed E-state index contributed by atoms with van der Waals surface area (Å²) < 4.78 is 0. The molecule has 5 unspecified atom stereocenters. The van der Waals surface area contributed by atoms with Crippen molar-refractivity contribution in [1.29, 1.82) is 0 Å². The van der Waals surface area contributed by atoms with Gasteiger partial charge in [-0.3, -0.25) is 0 Å². The van der Waals surface area contributed by atoms with Gasteiger partial charge in [0.2, 0.25) is 0 Å². The smallest absolute Gasteiger partial charge is 0.0196 e. The predicted octanol–water partition coefficient (Wildman–Crippen LogP) is 4.74. The fraction of sp³-hybridized carbons (Fsp3) is 1.00. The van der Waals surface area contributed by atoms with Crippen molar-refractivity contribution in [1.82, 2.24) is 0 Å². The van der Waals surface area contributed by atoms with Gasteiger partial charge in [0.1, 0.15) is 0 Å². The van der Waals surface area contributed by atoms with Crippen molar-refractivity contribution in [3.63, 3.8) is 0 Å². The first-order chi connectivity index (χ1) is 7.09. The predicted molar refractivity (Wildman–Crippen MR) is 66.7 cm³/mol. The second-order valence-electron chi connectivity index (χ2n) is 6.54. The fourth-order valence-corrected chi connectivity index (χ4v) is 4.76. The van der Waals surface area contributed by atoms with Gasteiger partial charge >= 0.3 is 0 Å². The molecule has 5 atom stereocenters. The van der Waals surface area contributed by atoms with Gasteiger partial charge in [-0.25, -0.2) is 0 Å². The van der Waals surface area contributed by atoms with Gasteiger partial charge in [-0.1, -0.05) is 53.9 Å². The van der Waals surface area contributed by atoms with Crippen LogP contribution in [0.1, 0.15) is 60.3 Å². The fourth-order valence-electron chi connectivity index (χ4n) is 4.76. The van der Waals surface area contributed by atoms with Gasteiger partial charge in [-0.15, -0.1) is 0 Å². The maximum Gasteiger partial charge on any atom is -0.0196 e. The normalized spacial score (nSPS) is 44.0. The second-order valence-corrected chi connectivity index (χ2v) is 6.54. The van der Waals surface area contributed by atoms with E-state index >= 15 is 0 Å². The van der Waals surface area contributed by atoms with Crippen molar-refractivity contribution in [3.8, 4) is 0 Å². The van der Waals surface area contributed by atoms with Crippen LogP contribution in [0.5, 0.6) is 0 Å². The van der Waals surface area contributed by atoms with Crippen LogP contribution in [0, 0.1) is 35.0 Å². The highest BCUT2D eigenvalue weighted by Crippen LogP contribution is 2.88. The summed E-state index contributed by atoms with van der Waals surface area (Å²) in [6.45, 7) is 12.0. The quantitative estimate of drug-likeness (QED) is 0.591. The topological polar surface area (TPSA) is 0 Å². The molecule has 0 heterocycles. The standard InChI is InChI=1S/C15H28/c1-6-8-11(5)13-14-12(7-2)15(13,14)9-10(3)4/h10-14H,6-9H2,1-5H3. The van der Waals surface area contributed by atoms with Crippen molar-refractivity contribution < 1.29 is 0 Å². The molecule has 0 spiro atoms. The molecule has 2 aliphatic rings. The van der Waals surface area contributed by atoms with Crippen LogP contribution in [-0.2, 0) is 0 Å². The first kappa shape index (κ1) is 11.5. The van der Waals surface area contributed by atoms with Crippen LogP contribution in [0.4, 0.5) is 0 Å². The van der Waals surface area contributed by atoms with E-state index in [2.05, 4.69) is 34.6 Å². The summed E-state index contributed by atoms with van der Waals surface area (Å²) in [7, 11) is 0. The Morgan fingerprint density at radius 1 is 1.13 bits per heavy atom. The van der Waals surface area contributed by atoms with Gasteiger partial charge in [0.05, 0.1) is 0 Å². The molecule has 0 radical (unpaired) electrons. The highest BCUT2D eigenvalue weighted by Gasteiger charge is 2.84.